The fraction of sp³-hybridized carbons (Fsp3) is 0.0833. The Morgan fingerprint density at radius 1 is 0.900 bits per heavy atom. The molecule has 6 heteroatoms. The number of hydrogen-bond acceptors (Lipinski definition) is 5. The monoisotopic (exact) mass is 401 g/mol. The Balaban J connectivity index is 1.75. The Morgan fingerprint density at radius 3 is 2.33 bits per heavy atom. The number of ether oxygens (including phenoxy) is 2. The number of carbonyl (C=O) groups excluding carboxylic acids is 1. The maximum atomic E-state index is 12.5. The molecule has 4 aromatic rings. The van der Waals surface area contributed by atoms with Crippen molar-refractivity contribution < 1.29 is 18.7 Å². The van der Waals surface area contributed by atoms with E-state index in [4.69, 9.17) is 13.9 Å². The molecule has 0 aliphatic rings. The first-order valence-corrected chi connectivity index (χ1v) is 9.34. The van der Waals surface area contributed by atoms with E-state index in [1.807, 2.05) is 54.6 Å². The molecular formula is C24H19NO5. The summed E-state index contributed by atoms with van der Waals surface area (Å²) in [7, 11) is 1.56. The summed E-state index contributed by atoms with van der Waals surface area (Å²) in [5, 5.41) is 3.62. The van der Waals surface area contributed by atoms with Crippen LogP contribution in [0.15, 0.2) is 88.1 Å². The number of amides is 1. The third-order valence-corrected chi connectivity index (χ3v) is 4.64. The topological polar surface area (TPSA) is 77.8 Å². The van der Waals surface area contributed by atoms with Gasteiger partial charge in [0.2, 0.25) is 5.88 Å². The summed E-state index contributed by atoms with van der Waals surface area (Å²) in [6, 6.07) is 23.7. The lowest BCUT2D eigenvalue weighted by Gasteiger charge is -2.15. The van der Waals surface area contributed by atoms with Crippen LogP contribution in [0.1, 0.15) is 5.56 Å². The van der Waals surface area contributed by atoms with Gasteiger partial charge in [-0.2, -0.15) is 0 Å². The van der Waals surface area contributed by atoms with E-state index < -0.39 is 11.7 Å². The van der Waals surface area contributed by atoms with Crippen LogP contribution < -0.4 is 15.7 Å². The van der Waals surface area contributed by atoms with Crippen LogP contribution in [-0.2, 0) is 11.3 Å². The standard InChI is InChI=1S/C24H19NO5/c1-28-20-14-8-7-13-19(20)21-17-11-5-6-12-18(17)23(26)30-22(21)25-24(27)29-15-16-9-3-2-4-10-16/h2-14H,15H2,1H3,(H,25,27). The Kier molecular flexibility index (Phi) is 5.48. The van der Waals surface area contributed by atoms with Gasteiger partial charge in [-0.25, -0.2) is 9.59 Å². The molecule has 150 valence electrons. The lowest BCUT2D eigenvalue weighted by atomic mass is 9.99. The van der Waals surface area contributed by atoms with E-state index in [-0.39, 0.29) is 12.5 Å². The second kappa shape index (κ2) is 8.53. The Labute approximate surface area is 172 Å². The lowest BCUT2D eigenvalue weighted by Crippen LogP contribution is -2.16. The number of anilines is 1. The van der Waals surface area contributed by atoms with Gasteiger partial charge in [0, 0.05) is 10.9 Å². The quantitative estimate of drug-likeness (QED) is 0.496. The predicted molar refractivity (Wildman–Crippen MR) is 115 cm³/mol. The van der Waals surface area contributed by atoms with Gasteiger partial charge in [-0.1, -0.05) is 66.7 Å². The fourth-order valence-corrected chi connectivity index (χ4v) is 3.26. The molecule has 1 amide bonds. The number of fused-ring (bicyclic) bond motifs is 1. The smallest absolute Gasteiger partial charge is 0.414 e. The van der Waals surface area contributed by atoms with E-state index in [0.29, 0.717) is 27.6 Å². The molecule has 30 heavy (non-hydrogen) atoms. The lowest BCUT2D eigenvalue weighted by molar-refractivity contribution is 0.154. The van der Waals surface area contributed by atoms with Crippen LogP contribution in [0, 0.1) is 0 Å². The zero-order valence-corrected chi connectivity index (χ0v) is 16.3. The zero-order chi connectivity index (χ0) is 20.9. The van der Waals surface area contributed by atoms with Gasteiger partial charge < -0.3 is 13.9 Å². The first-order valence-electron chi connectivity index (χ1n) is 9.34. The van der Waals surface area contributed by atoms with Gasteiger partial charge >= 0.3 is 11.7 Å². The number of methoxy groups -OCH3 is 1. The number of nitrogens with one attached hydrogen (secondary N) is 1. The molecule has 1 aromatic heterocycles. The highest BCUT2D eigenvalue weighted by Gasteiger charge is 2.20. The third-order valence-electron chi connectivity index (χ3n) is 4.64. The summed E-state index contributed by atoms with van der Waals surface area (Å²) in [5.41, 5.74) is 1.51. The van der Waals surface area contributed by atoms with E-state index in [1.165, 1.54) is 0 Å². The van der Waals surface area contributed by atoms with Gasteiger partial charge in [0.15, 0.2) is 0 Å². The van der Waals surface area contributed by atoms with E-state index in [1.54, 1.807) is 31.4 Å². The number of hydrogen-bond donors (Lipinski definition) is 1. The first-order chi connectivity index (χ1) is 14.7. The summed E-state index contributed by atoms with van der Waals surface area (Å²) < 4.78 is 16.2. The number of rotatable bonds is 5. The van der Waals surface area contributed by atoms with Gasteiger partial charge in [0.05, 0.1) is 18.1 Å². The summed E-state index contributed by atoms with van der Waals surface area (Å²) in [6.45, 7) is 0.0917. The van der Waals surface area contributed by atoms with Crippen molar-refractivity contribution in [2.24, 2.45) is 0 Å². The van der Waals surface area contributed by atoms with Crippen LogP contribution in [0.25, 0.3) is 21.9 Å². The van der Waals surface area contributed by atoms with Crippen molar-refractivity contribution in [1.82, 2.24) is 0 Å². The minimum Gasteiger partial charge on any atom is -0.496 e. The SMILES string of the molecule is COc1ccccc1-c1c(NC(=O)OCc2ccccc2)oc(=O)c2ccccc12. The van der Waals surface area contributed by atoms with Crippen LogP contribution in [0.2, 0.25) is 0 Å². The minimum atomic E-state index is -0.728. The molecule has 0 radical (unpaired) electrons. The number of benzene rings is 3. The van der Waals surface area contributed by atoms with Crippen molar-refractivity contribution in [2.75, 3.05) is 12.4 Å². The van der Waals surface area contributed by atoms with Crippen LogP contribution in [0.5, 0.6) is 5.75 Å². The second-order valence-electron chi connectivity index (χ2n) is 6.53. The highest BCUT2D eigenvalue weighted by atomic mass is 16.6. The molecule has 1 N–H and O–H groups in total. The molecule has 0 atom stereocenters. The molecule has 0 spiro atoms. The normalized spacial score (nSPS) is 10.6. The number of para-hydroxylation sites is 1. The first kappa shape index (κ1) is 19.3. The molecule has 1 heterocycles. The van der Waals surface area contributed by atoms with Gasteiger partial charge in [-0.3, -0.25) is 5.32 Å². The number of carbonyl (C=O) groups is 1. The van der Waals surface area contributed by atoms with Crippen molar-refractivity contribution >= 4 is 22.7 Å². The van der Waals surface area contributed by atoms with Crippen molar-refractivity contribution in [1.29, 1.82) is 0 Å². The van der Waals surface area contributed by atoms with Crippen molar-refractivity contribution in [3.8, 4) is 16.9 Å². The Morgan fingerprint density at radius 2 is 1.57 bits per heavy atom. The average Bonchev–Trinajstić information content (AvgIpc) is 2.79. The molecular weight excluding hydrogens is 382 g/mol. The molecule has 0 aliphatic carbocycles. The average molecular weight is 401 g/mol. The Hall–Kier alpha value is -4.06. The fourth-order valence-electron chi connectivity index (χ4n) is 3.26. The molecule has 0 unspecified atom stereocenters. The van der Waals surface area contributed by atoms with Gasteiger partial charge in [0.1, 0.15) is 12.4 Å². The largest absolute Gasteiger partial charge is 0.496 e. The second-order valence-corrected chi connectivity index (χ2v) is 6.53. The molecule has 0 bridgehead atoms. The Bertz CT molecular complexity index is 1250. The van der Waals surface area contributed by atoms with E-state index in [9.17, 15) is 9.59 Å². The predicted octanol–water partition coefficient (Wildman–Crippen LogP) is 5.22. The molecule has 0 saturated carbocycles. The molecule has 3 aromatic carbocycles. The maximum absolute atomic E-state index is 12.5. The molecule has 0 aliphatic heterocycles. The van der Waals surface area contributed by atoms with Crippen LogP contribution >= 0.6 is 0 Å². The van der Waals surface area contributed by atoms with Crippen LogP contribution in [0.4, 0.5) is 10.7 Å². The molecule has 0 fully saturated rings. The van der Waals surface area contributed by atoms with Crippen molar-refractivity contribution in [3.05, 3.63) is 94.8 Å². The van der Waals surface area contributed by atoms with Gasteiger partial charge in [-0.05, 0) is 17.7 Å². The van der Waals surface area contributed by atoms with Gasteiger partial charge in [-0.15, -0.1) is 0 Å². The molecule has 4 rings (SSSR count). The van der Waals surface area contributed by atoms with E-state index >= 15 is 0 Å². The maximum Gasteiger partial charge on any atom is 0.414 e. The van der Waals surface area contributed by atoms with E-state index in [0.717, 1.165) is 5.56 Å². The molecule has 6 nitrogen and oxygen atoms in total. The summed E-state index contributed by atoms with van der Waals surface area (Å²) in [5.74, 6) is 0.582. The summed E-state index contributed by atoms with van der Waals surface area (Å²) in [6.07, 6.45) is -0.728. The highest BCUT2D eigenvalue weighted by Crippen LogP contribution is 2.39. The van der Waals surface area contributed by atoms with Gasteiger partial charge in [0.25, 0.3) is 0 Å². The summed E-state index contributed by atoms with van der Waals surface area (Å²) >= 11 is 0. The summed E-state index contributed by atoms with van der Waals surface area (Å²) in [4.78, 5) is 25.0. The van der Waals surface area contributed by atoms with Crippen LogP contribution in [-0.4, -0.2) is 13.2 Å². The zero-order valence-electron chi connectivity index (χ0n) is 16.3. The highest BCUT2D eigenvalue weighted by molar-refractivity contribution is 6.04. The van der Waals surface area contributed by atoms with E-state index in [2.05, 4.69) is 5.32 Å². The third kappa shape index (κ3) is 3.89. The van der Waals surface area contributed by atoms with Crippen molar-refractivity contribution in [2.45, 2.75) is 6.61 Å². The minimum absolute atomic E-state index is 0.00117. The molecule has 0 saturated heterocycles. The van der Waals surface area contributed by atoms with Crippen LogP contribution in [0.3, 0.4) is 0 Å². The van der Waals surface area contributed by atoms with Crippen molar-refractivity contribution in [3.63, 3.8) is 0 Å².